The maximum Gasteiger partial charge on any atom is 0.255 e. The minimum absolute atomic E-state index is 0.166. The van der Waals surface area contributed by atoms with E-state index in [1.807, 2.05) is 38.1 Å². The average Bonchev–Trinajstić information content (AvgIpc) is 2.55. The van der Waals surface area contributed by atoms with Crippen LogP contribution in [0.5, 0.6) is 11.5 Å². The van der Waals surface area contributed by atoms with Crippen LogP contribution in [0.1, 0.15) is 24.2 Å². The van der Waals surface area contributed by atoms with Crippen LogP contribution in [0.3, 0.4) is 0 Å². The molecule has 0 fully saturated rings. The van der Waals surface area contributed by atoms with E-state index in [1.165, 1.54) is 0 Å². The summed E-state index contributed by atoms with van der Waals surface area (Å²) in [7, 11) is 0. The van der Waals surface area contributed by atoms with E-state index in [-0.39, 0.29) is 5.91 Å². The molecular formula is C19H21NO3. The number of amides is 1. The zero-order valence-corrected chi connectivity index (χ0v) is 13.5. The van der Waals surface area contributed by atoms with E-state index < -0.39 is 0 Å². The van der Waals surface area contributed by atoms with Crippen molar-refractivity contribution in [1.82, 2.24) is 0 Å². The Morgan fingerprint density at radius 2 is 1.57 bits per heavy atom. The number of hydrogen-bond acceptors (Lipinski definition) is 3. The fourth-order valence-corrected chi connectivity index (χ4v) is 1.91. The summed E-state index contributed by atoms with van der Waals surface area (Å²) in [6.45, 7) is 8.70. The van der Waals surface area contributed by atoms with Crippen LogP contribution in [-0.2, 0) is 0 Å². The number of benzene rings is 2. The van der Waals surface area contributed by atoms with Gasteiger partial charge in [-0.1, -0.05) is 6.58 Å². The molecule has 2 rings (SSSR count). The maximum absolute atomic E-state index is 12.2. The summed E-state index contributed by atoms with van der Waals surface area (Å²) in [6.07, 6.45) is 0. The first kappa shape index (κ1) is 16.6. The monoisotopic (exact) mass is 311 g/mol. The van der Waals surface area contributed by atoms with Gasteiger partial charge in [0.1, 0.15) is 18.1 Å². The molecule has 0 bridgehead atoms. The largest absolute Gasteiger partial charge is 0.494 e. The minimum atomic E-state index is -0.166. The van der Waals surface area contributed by atoms with E-state index in [4.69, 9.17) is 9.47 Å². The van der Waals surface area contributed by atoms with Gasteiger partial charge < -0.3 is 14.8 Å². The fraction of sp³-hybridized carbons (Fsp3) is 0.211. The van der Waals surface area contributed by atoms with Gasteiger partial charge in [0.25, 0.3) is 5.91 Å². The maximum atomic E-state index is 12.2. The molecule has 0 aromatic heterocycles. The molecule has 0 atom stereocenters. The normalized spacial score (nSPS) is 10.0. The van der Waals surface area contributed by atoms with Gasteiger partial charge >= 0.3 is 0 Å². The van der Waals surface area contributed by atoms with Crippen molar-refractivity contribution in [3.05, 3.63) is 66.2 Å². The molecule has 0 aliphatic rings. The van der Waals surface area contributed by atoms with Crippen molar-refractivity contribution in [1.29, 1.82) is 0 Å². The number of carbonyl (C=O) groups excluding carboxylic acids is 1. The number of anilines is 1. The van der Waals surface area contributed by atoms with E-state index in [1.54, 1.807) is 24.3 Å². The Morgan fingerprint density at radius 1 is 1.00 bits per heavy atom. The van der Waals surface area contributed by atoms with Gasteiger partial charge in [-0.05, 0) is 68.0 Å². The van der Waals surface area contributed by atoms with Gasteiger partial charge in [0.05, 0.1) is 6.61 Å². The molecule has 0 heterocycles. The first-order valence-corrected chi connectivity index (χ1v) is 7.50. The lowest BCUT2D eigenvalue weighted by Gasteiger charge is -2.08. The fourth-order valence-electron chi connectivity index (χ4n) is 1.91. The zero-order valence-electron chi connectivity index (χ0n) is 13.5. The van der Waals surface area contributed by atoms with Gasteiger partial charge in [-0.3, -0.25) is 4.79 Å². The Kier molecular flexibility index (Phi) is 5.80. The van der Waals surface area contributed by atoms with Crippen LogP contribution < -0.4 is 14.8 Å². The lowest BCUT2D eigenvalue weighted by Crippen LogP contribution is -2.11. The second-order valence-electron chi connectivity index (χ2n) is 5.18. The number of nitrogens with one attached hydrogen (secondary N) is 1. The van der Waals surface area contributed by atoms with E-state index >= 15 is 0 Å². The van der Waals surface area contributed by atoms with Crippen molar-refractivity contribution < 1.29 is 14.3 Å². The van der Waals surface area contributed by atoms with Crippen molar-refractivity contribution >= 4 is 11.6 Å². The molecular weight excluding hydrogens is 290 g/mol. The summed E-state index contributed by atoms with van der Waals surface area (Å²) in [6, 6.07) is 14.3. The summed E-state index contributed by atoms with van der Waals surface area (Å²) in [5.41, 5.74) is 2.24. The Bertz CT molecular complexity index is 660. The van der Waals surface area contributed by atoms with Crippen molar-refractivity contribution in [3.8, 4) is 11.5 Å². The molecule has 0 spiro atoms. The summed E-state index contributed by atoms with van der Waals surface area (Å²) >= 11 is 0. The third-order valence-electron chi connectivity index (χ3n) is 3.02. The van der Waals surface area contributed by atoms with Crippen LogP contribution in [0.2, 0.25) is 0 Å². The first-order chi connectivity index (χ1) is 11.1. The Hall–Kier alpha value is -2.75. The van der Waals surface area contributed by atoms with Crippen LogP contribution >= 0.6 is 0 Å². The number of rotatable bonds is 7. The molecule has 0 aliphatic heterocycles. The highest BCUT2D eigenvalue weighted by Gasteiger charge is 2.06. The number of hydrogen-bond donors (Lipinski definition) is 1. The standard InChI is InChI=1S/C19H21NO3/c1-4-22-17-11-7-16(8-12-17)20-19(21)15-5-9-18(10-6-15)23-13-14(2)3/h5-12H,2,4,13H2,1,3H3,(H,20,21). The molecule has 0 unspecified atom stereocenters. The number of ether oxygens (including phenoxy) is 2. The van der Waals surface area contributed by atoms with Crippen molar-refractivity contribution in [2.75, 3.05) is 18.5 Å². The van der Waals surface area contributed by atoms with Gasteiger partial charge in [0.15, 0.2) is 0 Å². The highest BCUT2D eigenvalue weighted by molar-refractivity contribution is 6.04. The third kappa shape index (κ3) is 5.18. The molecule has 0 radical (unpaired) electrons. The Labute approximate surface area is 136 Å². The molecule has 4 heteroatoms. The first-order valence-electron chi connectivity index (χ1n) is 7.50. The highest BCUT2D eigenvalue weighted by atomic mass is 16.5. The van der Waals surface area contributed by atoms with Crippen molar-refractivity contribution in [3.63, 3.8) is 0 Å². The lowest BCUT2D eigenvalue weighted by molar-refractivity contribution is 0.102. The van der Waals surface area contributed by atoms with Crippen molar-refractivity contribution in [2.24, 2.45) is 0 Å². The van der Waals surface area contributed by atoms with E-state index in [0.29, 0.717) is 24.5 Å². The average molecular weight is 311 g/mol. The highest BCUT2D eigenvalue weighted by Crippen LogP contribution is 2.18. The zero-order chi connectivity index (χ0) is 16.7. The Balaban J connectivity index is 1.95. The SMILES string of the molecule is C=C(C)COc1ccc(C(=O)Nc2ccc(OCC)cc2)cc1. The summed E-state index contributed by atoms with van der Waals surface area (Å²) < 4.78 is 10.9. The minimum Gasteiger partial charge on any atom is -0.494 e. The quantitative estimate of drug-likeness (QED) is 0.776. The molecule has 1 N–H and O–H groups in total. The lowest BCUT2D eigenvalue weighted by atomic mass is 10.2. The second kappa shape index (κ2) is 8.03. The van der Waals surface area contributed by atoms with Crippen LogP contribution in [0.25, 0.3) is 0 Å². The molecule has 0 saturated heterocycles. The van der Waals surface area contributed by atoms with E-state index in [0.717, 1.165) is 17.0 Å². The summed E-state index contributed by atoms with van der Waals surface area (Å²) in [4.78, 5) is 12.2. The van der Waals surface area contributed by atoms with Gasteiger partial charge in [-0.25, -0.2) is 0 Å². The Morgan fingerprint density at radius 3 is 2.13 bits per heavy atom. The molecule has 23 heavy (non-hydrogen) atoms. The van der Waals surface area contributed by atoms with Gasteiger partial charge in [0.2, 0.25) is 0 Å². The molecule has 2 aromatic rings. The molecule has 0 saturated carbocycles. The van der Waals surface area contributed by atoms with Crippen LogP contribution in [0.4, 0.5) is 5.69 Å². The van der Waals surface area contributed by atoms with Gasteiger partial charge in [0, 0.05) is 11.3 Å². The summed E-state index contributed by atoms with van der Waals surface area (Å²) in [5.74, 6) is 1.33. The van der Waals surface area contributed by atoms with E-state index in [2.05, 4.69) is 11.9 Å². The molecule has 1 amide bonds. The van der Waals surface area contributed by atoms with Crippen LogP contribution in [-0.4, -0.2) is 19.1 Å². The molecule has 120 valence electrons. The molecule has 0 aliphatic carbocycles. The van der Waals surface area contributed by atoms with Crippen LogP contribution in [0, 0.1) is 0 Å². The predicted octanol–water partition coefficient (Wildman–Crippen LogP) is 4.29. The van der Waals surface area contributed by atoms with Crippen LogP contribution in [0.15, 0.2) is 60.7 Å². The smallest absolute Gasteiger partial charge is 0.255 e. The van der Waals surface area contributed by atoms with Gasteiger partial charge in [-0.15, -0.1) is 0 Å². The van der Waals surface area contributed by atoms with Crippen molar-refractivity contribution in [2.45, 2.75) is 13.8 Å². The molecule has 2 aromatic carbocycles. The number of carbonyl (C=O) groups is 1. The second-order valence-corrected chi connectivity index (χ2v) is 5.18. The third-order valence-corrected chi connectivity index (χ3v) is 3.02. The summed E-state index contributed by atoms with van der Waals surface area (Å²) in [5, 5.41) is 2.85. The predicted molar refractivity (Wildman–Crippen MR) is 92.3 cm³/mol. The van der Waals surface area contributed by atoms with Gasteiger partial charge in [-0.2, -0.15) is 0 Å². The topological polar surface area (TPSA) is 47.6 Å². The van der Waals surface area contributed by atoms with E-state index in [9.17, 15) is 4.79 Å². The molecule has 4 nitrogen and oxygen atoms in total.